The fraction of sp³-hybridized carbons (Fsp3) is 0.500. The number of carboxylic acids is 1. The summed E-state index contributed by atoms with van der Waals surface area (Å²) in [6.07, 6.45) is 6.38. The van der Waals surface area contributed by atoms with Gasteiger partial charge in [-0.15, -0.1) is 0 Å². The third kappa shape index (κ3) is 4.12. The molecule has 0 bridgehead atoms. The van der Waals surface area contributed by atoms with Crippen LogP contribution in [0.5, 0.6) is 0 Å². The van der Waals surface area contributed by atoms with E-state index >= 15 is 0 Å². The van der Waals surface area contributed by atoms with Crippen molar-refractivity contribution in [2.24, 2.45) is 0 Å². The van der Waals surface area contributed by atoms with Crippen LogP contribution in [-0.2, 0) is 4.79 Å². The number of hydrogen-bond donors (Lipinski definition) is 1. The van der Waals surface area contributed by atoms with Crippen molar-refractivity contribution in [3.05, 3.63) is 34.2 Å². The Morgan fingerprint density at radius 2 is 1.88 bits per heavy atom. The van der Waals surface area contributed by atoms with E-state index in [-0.39, 0.29) is 5.70 Å². The van der Waals surface area contributed by atoms with Gasteiger partial charge < -0.3 is 10.0 Å². The van der Waals surface area contributed by atoms with Gasteiger partial charge in [0, 0.05) is 25.2 Å². The molecule has 0 aromatic carbocycles. The predicted molar refractivity (Wildman–Crippen MR) is 57.3 cm³/mol. The molecule has 1 rings (SSSR count). The molecule has 0 radical (unpaired) electrons. The van der Waals surface area contributed by atoms with Gasteiger partial charge in [0.1, 0.15) is 0 Å². The minimum Gasteiger partial charge on any atom is -0.478 e. The number of rotatable bonds is 4. The number of carboxylic acid groups (broad SMARTS) is 1. The molecular formula is C10H14N2O4. The molecule has 0 amide bonds. The first-order valence-corrected chi connectivity index (χ1v) is 5.11. The van der Waals surface area contributed by atoms with E-state index in [4.69, 9.17) is 5.11 Å². The molecule has 0 saturated carbocycles. The van der Waals surface area contributed by atoms with Crippen molar-refractivity contribution < 1.29 is 14.8 Å². The first-order valence-electron chi connectivity index (χ1n) is 5.11. The summed E-state index contributed by atoms with van der Waals surface area (Å²) in [5.74, 6) is -1.19. The topological polar surface area (TPSA) is 83.7 Å². The van der Waals surface area contributed by atoms with E-state index in [2.05, 4.69) is 0 Å². The van der Waals surface area contributed by atoms with Gasteiger partial charge in [-0.1, -0.05) is 0 Å². The lowest BCUT2D eigenvalue weighted by Crippen LogP contribution is -2.25. The van der Waals surface area contributed by atoms with Gasteiger partial charge in [0.15, 0.2) is 0 Å². The average molecular weight is 226 g/mol. The number of nitro groups is 1. The van der Waals surface area contributed by atoms with Crippen LogP contribution in [0.1, 0.15) is 19.3 Å². The van der Waals surface area contributed by atoms with Gasteiger partial charge in [-0.3, -0.25) is 10.1 Å². The first-order chi connectivity index (χ1) is 7.59. The summed E-state index contributed by atoms with van der Waals surface area (Å²) in [4.78, 5) is 22.2. The lowest BCUT2D eigenvalue weighted by atomic mass is 10.1. The molecule has 0 unspecified atom stereocenters. The first kappa shape index (κ1) is 12.2. The summed E-state index contributed by atoms with van der Waals surface area (Å²) in [5.41, 5.74) is -0.190. The zero-order valence-corrected chi connectivity index (χ0v) is 8.83. The van der Waals surface area contributed by atoms with Crippen LogP contribution in [0.25, 0.3) is 0 Å². The van der Waals surface area contributed by atoms with E-state index in [1.165, 1.54) is 6.20 Å². The Morgan fingerprint density at radius 1 is 1.25 bits per heavy atom. The van der Waals surface area contributed by atoms with Gasteiger partial charge in [0.2, 0.25) is 0 Å². The van der Waals surface area contributed by atoms with E-state index in [0.717, 1.165) is 44.5 Å². The number of piperidine rings is 1. The molecule has 1 aliphatic heterocycles. The Balaban J connectivity index is 2.71. The Hall–Kier alpha value is -1.85. The lowest BCUT2D eigenvalue weighted by Gasteiger charge is -2.24. The van der Waals surface area contributed by atoms with Gasteiger partial charge in [-0.25, -0.2) is 4.79 Å². The minimum atomic E-state index is -1.19. The highest BCUT2D eigenvalue weighted by Gasteiger charge is 2.12. The molecule has 0 atom stereocenters. The van der Waals surface area contributed by atoms with Crippen LogP contribution in [0.3, 0.4) is 0 Å². The lowest BCUT2D eigenvalue weighted by molar-refractivity contribution is -0.420. The second kappa shape index (κ2) is 5.89. The number of nitrogens with zero attached hydrogens (tertiary/aromatic N) is 2. The number of allylic oxidation sites excluding steroid dienone is 1. The van der Waals surface area contributed by atoms with Crippen molar-refractivity contribution in [2.45, 2.75) is 19.3 Å². The minimum absolute atomic E-state index is 0.190. The largest absolute Gasteiger partial charge is 0.478 e. The summed E-state index contributed by atoms with van der Waals surface area (Å²) in [6.45, 7) is 1.58. The van der Waals surface area contributed by atoms with Crippen molar-refractivity contribution >= 4 is 5.97 Å². The van der Waals surface area contributed by atoms with Crippen molar-refractivity contribution in [3.63, 3.8) is 0 Å². The molecule has 1 aliphatic rings. The Kier molecular flexibility index (Phi) is 4.50. The molecule has 16 heavy (non-hydrogen) atoms. The van der Waals surface area contributed by atoms with Gasteiger partial charge >= 0.3 is 5.97 Å². The van der Waals surface area contributed by atoms with Crippen LogP contribution in [0.4, 0.5) is 0 Å². The molecule has 0 aliphatic carbocycles. The normalized spacial score (nSPS) is 17.8. The molecule has 1 N–H and O–H groups in total. The van der Waals surface area contributed by atoms with Crippen molar-refractivity contribution in [3.8, 4) is 0 Å². The van der Waals surface area contributed by atoms with Crippen LogP contribution in [-0.4, -0.2) is 34.0 Å². The second-order valence-electron chi connectivity index (χ2n) is 3.58. The second-order valence-corrected chi connectivity index (χ2v) is 3.58. The van der Waals surface area contributed by atoms with E-state index < -0.39 is 10.9 Å². The quantitative estimate of drug-likeness (QED) is 0.337. The zero-order valence-electron chi connectivity index (χ0n) is 8.83. The highest BCUT2D eigenvalue weighted by Crippen LogP contribution is 2.11. The summed E-state index contributed by atoms with van der Waals surface area (Å²) in [6, 6.07) is 0. The van der Waals surface area contributed by atoms with E-state index in [1.807, 2.05) is 4.90 Å². The summed E-state index contributed by atoms with van der Waals surface area (Å²) < 4.78 is 0. The number of carbonyl (C=O) groups is 1. The van der Waals surface area contributed by atoms with Crippen molar-refractivity contribution in [1.82, 2.24) is 4.90 Å². The van der Waals surface area contributed by atoms with Crippen LogP contribution in [0, 0.1) is 10.1 Å². The molecule has 88 valence electrons. The zero-order chi connectivity index (χ0) is 12.0. The van der Waals surface area contributed by atoms with E-state index in [9.17, 15) is 14.9 Å². The molecule has 1 saturated heterocycles. The van der Waals surface area contributed by atoms with Crippen molar-refractivity contribution in [1.29, 1.82) is 0 Å². The maximum absolute atomic E-state index is 10.7. The fourth-order valence-electron chi connectivity index (χ4n) is 1.54. The number of aliphatic carboxylic acids is 1. The van der Waals surface area contributed by atoms with Gasteiger partial charge in [-0.05, 0) is 19.3 Å². The van der Waals surface area contributed by atoms with Crippen LogP contribution in [0.2, 0.25) is 0 Å². The van der Waals surface area contributed by atoms with Gasteiger partial charge in [0.25, 0.3) is 5.70 Å². The molecule has 0 aromatic heterocycles. The third-order valence-electron chi connectivity index (χ3n) is 2.31. The monoisotopic (exact) mass is 226 g/mol. The average Bonchev–Trinajstić information content (AvgIpc) is 2.25. The smallest absolute Gasteiger partial charge is 0.328 e. The van der Waals surface area contributed by atoms with Crippen LogP contribution < -0.4 is 0 Å². The van der Waals surface area contributed by atoms with E-state index in [1.54, 1.807) is 0 Å². The maximum Gasteiger partial charge on any atom is 0.328 e. The third-order valence-corrected chi connectivity index (χ3v) is 2.31. The maximum atomic E-state index is 10.7. The Bertz CT molecular complexity index is 330. The Labute approximate surface area is 93.0 Å². The number of likely N-dealkylation sites (tertiary alicyclic amines) is 1. The fourth-order valence-corrected chi connectivity index (χ4v) is 1.54. The predicted octanol–water partition coefficient (Wildman–Crippen LogP) is 1.23. The number of hydrogen-bond acceptors (Lipinski definition) is 4. The van der Waals surface area contributed by atoms with Crippen LogP contribution in [0.15, 0.2) is 24.0 Å². The standard InChI is InChI=1S/C10H14N2O4/c13-10(14)5-4-9(12(15)16)8-11-6-2-1-3-7-11/h4-5,8H,1-3,6-7H2,(H,13,14). The summed E-state index contributed by atoms with van der Waals surface area (Å²) in [5, 5.41) is 19.1. The highest BCUT2D eigenvalue weighted by molar-refractivity contribution is 5.80. The Morgan fingerprint density at radius 3 is 2.38 bits per heavy atom. The molecule has 0 aromatic rings. The molecule has 6 nitrogen and oxygen atoms in total. The van der Waals surface area contributed by atoms with Gasteiger partial charge in [-0.2, -0.15) is 0 Å². The molecular weight excluding hydrogens is 212 g/mol. The highest BCUT2D eigenvalue weighted by atomic mass is 16.6. The molecule has 6 heteroatoms. The van der Waals surface area contributed by atoms with Crippen LogP contribution >= 0.6 is 0 Å². The molecule has 1 heterocycles. The molecule has 1 fully saturated rings. The van der Waals surface area contributed by atoms with Crippen molar-refractivity contribution in [2.75, 3.05) is 13.1 Å². The van der Waals surface area contributed by atoms with E-state index in [0.29, 0.717) is 0 Å². The SMILES string of the molecule is O=C(O)C=CC(=CN1CCCCC1)[N+](=O)[O-]. The molecule has 0 spiro atoms. The van der Waals surface area contributed by atoms with Gasteiger partial charge in [0.05, 0.1) is 11.1 Å². The summed E-state index contributed by atoms with van der Waals surface area (Å²) >= 11 is 0. The summed E-state index contributed by atoms with van der Waals surface area (Å²) in [7, 11) is 0.